The van der Waals surface area contributed by atoms with Crippen molar-refractivity contribution < 1.29 is 8.78 Å². The van der Waals surface area contributed by atoms with E-state index in [4.69, 9.17) is 5.73 Å². The minimum Gasteiger partial charge on any atom is -0.321 e. The van der Waals surface area contributed by atoms with Gasteiger partial charge in [-0.1, -0.05) is 12.1 Å². The van der Waals surface area contributed by atoms with Crippen LogP contribution in [-0.2, 0) is 5.54 Å². The molecule has 2 rings (SSSR count). The Hall–Kier alpha value is -0.610. The summed E-state index contributed by atoms with van der Waals surface area (Å²) in [6, 6.07) is 7.93. The second-order valence-electron chi connectivity index (χ2n) is 4.74. The second kappa shape index (κ2) is 4.58. The molecule has 1 nitrogen and oxygen atoms in total. The molecule has 0 radical (unpaired) electrons. The van der Waals surface area contributed by atoms with E-state index in [0.717, 1.165) is 10.5 Å². The van der Waals surface area contributed by atoms with E-state index >= 15 is 0 Å². The molecule has 0 bridgehead atoms. The summed E-state index contributed by atoms with van der Waals surface area (Å²) in [7, 11) is 0. The first-order valence-corrected chi connectivity index (χ1v) is 6.99. The van der Waals surface area contributed by atoms with Crippen LogP contribution < -0.4 is 5.73 Å². The lowest BCUT2D eigenvalue weighted by atomic mass is 9.76. The van der Waals surface area contributed by atoms with Gasteiger partial charge in [0.05, 0.1) is 0 Å². The summed E-state index contributed by atoms with van der Waals surface area (Å²) >= 11 is 1.64. The predicted octanol–water partition coefficient (Wildman–Crippen LogP) is 3.77. The Morgan fingerprint density at radius 3 is 2.41 bits per heavy atom. The highest BCUT2D eigenvalue weighted by Crippen LogP contribution is 2.42. The molecule has 17 heavy (non-hydrogen) atoms. The molecule has 2 N–H and O–H groups in total. The highest BCUT2D eigenvalue weighted by Gasteiger charge is 2.41. The van der Waals surface area contributed by atoms with Crippen LogP contribution in [0.5, 0.6) is 0 Å². The van der Waals surface area contributed by atoms with Crippen molar-refractivity contribution in [1.82, 2.24) is 0 Å². The van der Waals surface area contributed by atoms with Gasteiger partial charge in [-0.25, -0.2) is 8.78 Å². The number of alkyl halides is 2. The van der Waals surface area contributed by atoms with Crippen LogP contribution in [0.1, 0.15) is 31.2 Å². The molecule has 0 saturated heterocycles. The standard InChI is InChI=1S/C13H17F2NS/c1-17-11-4-2-3-10(9-11)12(16)5-7-13(14,15)8-6-12/h2-4,9H,5-8,16H2,1H3. The van der Waals surface area contributed by atoms with Gasteiger partial charge in [0.1, 0.15) is 0 Å². The van der Waals surface area contributed by atoms with Gasteiger partial charge in [0.25, 0.3) is 0 Å². The maximum absolute atomic E-state index is 13.1. The molecule has 1 saturated carbocycles. The third kappa shape index (κ3) is 2.80. The average molecular weight is 257 g/mol. The molecule has 0 aliphatic heterocycles. The summed E-state index contributed by atoms with van der Waals surface area (Å²) in [6.07, 6.45) is 2.51. The molecule has 1 aromatic carbocycles. The fourth-order valence-corrected chi connectivity index (χ4v) is 2.74. The van der Waals surface area contributed by atoms with Crippen molar-refractivity contribution in [3.8, 4) is 0 Å². The number of hydrogen-bond acceptors (Lipinski definition) is 2. The Labute approximate surface area is 105 Å². The Kier molecular flexibility index (Phi) is 3.46. The van der Waals surface area contributed by atoms with Crippen molar-refractivity contribution in [3.05, 3.63) is 29.8 Å². The molecule has 0 aromatic heterocycles. The van der Waals surface area contributed by atoms with E-state index in [9.17, 15) is 8.78 Å². The molecule has 0 atom stereocenters. The Morgan fingerprint density at radius 2 is 1.82 bits per heavy atom. The quantitative estimate of drug-likeness (QED) is 0.816. The molecule has 0 unspecified atom stereocenters. The zero-order chi connectivity index (χ0) is 12.5. The highest BCUT2D eigenvalue weighted by atomic mass is 32.2. The number of halogens is 2. The van der Waals surface area contributed by atoms with E-state index in [1.165, 1.54) is 0 Å². The van der Waals surface area contributed by atoms with Crippen molar-refractivity contribution in [3.63, 3.8) is 0 Å². The van der Waals surface area contributed by atoms with Gasteiger partial charge in [-0.15, -0.1) is 11.8 Å². The van der Waals surface area contributed by atoms with Crippen LogP contribution in [0.25, 0.3) is 0 Å². The third-order valence-electron chi connectivity index (χ3n) is 3.52. The smallest absolute Gasteiger partial charge is 0.248 e. The van der Waals surface area contributed by atoms with E-state index in [1.807, 2.05) is 30.5 Å². The summed E-state index contributed by atoms with van der Waals surface area (Å²) in [4.78, 5) is 1.13. The monoisotopic (exact) mass is 257 g/mol. The summed E-state index contributed by atoms with van der Waals surface area (Å²) in [6.45, 7) is 0. The van der Waals surface area contributed by atoms with Crippen molar-refractivity contribution >= 4 is 11.8 Å². The number of hydrogen-bond donors (Lipinski definition) is 1. The lowest BCUT2D eigenvalue weighted by Gasteiger charge is -2.37. The first-order valence-electron chi connectivity index (χ1n) is 5.76. The van der Waals surface area contributed by atoms with Gasteiger partial charge in [-0.3, -0.25) is 0 Å². The molecule has 0 amide bonds. The largest absolute Gasteiger partial charge is 0.321 e. The molecule has 94 valence electrons. The van der Waals surface area contributed by atoms with Crippen molar-refractivity contribution in [2.45, 2.75) is 42.0 Å². The molecular weight excluding hydrogens is 240 g/mol. The molecular formula is C13H17F2NS. The van der Waals surface area contributed by atoms with Gasteiger partial charge >= 0.3 is 0 Å². The van der Waals surface area contributed by atoms with Gasteiger partial charge in [-0.2, -0.15) is 0 Å². The molecule has 1 aliphatic carbocycles. The van der Waals surface area contributed by atoms with E-state index in [-0.39, 0.29) is 12.8 Å². The zero-order valence-electron chi connectivity index (χ0n) is 9.88. The fraction of sp³-hybridized carbons (Fsp3) is 0.538. The fourth-order valence-electron chi connectivity index (χ4n) is 2.28. The molecule has 0 spiro atoms. The average Bonchev–Trinajstić information content (AvgIpc) is 2.33. The maximum Gasteiger partial charge on any atom is 0.248 e. The summed E-state index contributed by atoms with van der Waals surface area (Å²) < 4.78 is 26.3. The normalized spacial score (nSPS) is 22.4. The molecule has 1 aliphatic rings. The van der Waals surface area contributed by atoms with Gasteiger partial charge in [0.15, 0.2) is 0 Å². The van der Waals surface area contributed by atoms with Crippen LogP contribution in [0.3, 0.4) is 0 Å². The van der Waals surface area contributed by atoms with Gasteiger partial charge in [0, 0.05) is 23.3 Å². The maximum atomic E-state index is 13.1. The topological polar surface area (TPSA) is 26.0 Å². The zero-order valence-corrected chi connectivity index (χ0v) is 10.7. The number of nitrogens with two attached hydrogens (primary N) is 1. The summed E-state index contributed by atoms with van der Waals surface area (Å²) in [5, 5.41) is 0. The first kappa shape index (κ1) is 12.8. The van der Waals surface area contributed by atoms with Crippen LogP contribution in [0.4, 0.5) is 8.78 Å². The molecule has 4 heteroatoms. The van der Waals surface area contributed by atoms with Crippen molar-refractivity contribution in [2.75, 3.05) is 6.26 Å². The number of rotatable bonds is 2. The SMILES string of the molecule is CSc1cccc(C2(N)CCC(F)(F)CC2)c1. The predicted molar refractivity (Wildman–Crippen MR) is 67.5 cm³/mol. The lowest BCUT2D eigenvalue weighted by Crippen LogP contribution is -2.43. The Bertz CT molecular complexity index is 396. The third-order valence-corrected chi connectivity index (χ3v) is 4.24. The minimum atomic E-state index is -2.53. The van der Waals surface area contributed by atoms with Crippen LogP contribution in [-0.4, -0.2) is 12.2 Å². The van der Waals surface area contributed by atoms with E-state index in [2.05, 4.69) is 0 Å². The number of thioether (sulfide) groups is 1. The lowest BCUT2D eigenvalue weighted by molar-refractivity contribution is -0.0514. The van der Waals surface area contributed by atoms with E-state index in [1.54, 1.807) is 11.8 Å². The number of benzene rings is 1. The van der Waals surface area contributed by atoms with Crippen LogP contribution in [0, 0.1) is 0 Å². The summed E-state index contributed by atoms with van der Waals surface area (Å²) in [5.74, 6) is -2.53. The van der Waals surface area contributed by atoms with Crippen LogP contribution >= 0.6 is 11.8 Å². The summed E-state index contributed by atoms with van der Waals surface area (Å²) in [5.41, 5.74) is 6.69. The molecule has 1 fully saturated rings. The minimum absolute atomic E-state index is 0.104. The Morgan fingerprint density at radius 1 is 1.18 bits per heavy atom. The first-order chi connectivity index (χ1) is 7.95. The van der Waals surface area contributed by atoms with E-state index < -0.39 is 11.5 Å². The highest BCUT2D eigenvalue weighted by molar-refractivity contribution is 7.98. The molecule has 1 aromatic rings. The molecule has 0 heterocycles. The van der Waals surface area contributed by atoms with E-state index in [0.29, 0.717) is 12.8 Å². The van der Waals surface area contributed by atoms with Gasteiger partial charge in [-0.05, 0) is 36.8 Å². The van der Waals surface area contributed by atoms with Gasteiger partial charge < -0.3 is 5.73 Å². The second-order valence-corrected chi connectivity index (χ2v) is 5.62. The van der Waals surface area contributed by atoms with Crippen LogP contribution in [0.2, 0.25) is 0 Å². The van der Waals surface area contributed by atoms with Crippen molar-refractivity contribution in [1.29, 1.82) is 0 Å². The van der Waals surface area contributed by atoms with Gasteiger partial charge in [0.2, 0.25) is 5.92 Å². The Balaban J connectivity index is 2.21. The van der Waals surface area contributed by atoms with Crippen LogP contribution in [0.15, 0.2) is 29.2 Å². The van der Waals surface area contributed by atoms with Crippen molar-refractivity contribution in [2.24, 2.45) is 5.73 Å².